The van der Waals surface area contributed by atoms with Gasteiger partial charge in [-0.15, -0.1) is 0 Å². The van der Waals surface area contributed by atoms with Crippen LogP contribution in [-0.2, 0) is 6.42 Å². The van der Waals surface area contributed by atoms with Gasteiger partial charge >= 0.3 is 0 Å². The van der Waals surface area contributed by atoms with E-state index in [0.29, 0.717) is 6.42 Å². The van der Waals surface area contributed by atoms with E-state index in [1.807, 2.05) is 31.2 Å². The monoisotopic (exact) mass is 322 g/mol. The fourth-order valence-corrected chi connectivity index (χ4v) is 2.84. The van der Waals surface area contributed by atoms with E-state index in [0.717, 1.165) is 21.2 Å². The van der Waals surface area contributed by atoms with Crippen LogP contribution in [0, 0.1) is 12.7 Å². The molecular formula is C16H16BrFO. The molecule has 0 amide bonds. The average molecular weight is 323 g/mol. The number of aryl methyl sites for hydroxylation is 1. The quantitative estimate of drug-likeness (QED) is 0.893. The second-order valence-corrected chi connectivity index (χ2v) is 5.53. The molecule has 2 rings (SSSR count). The van der Waals surface area contributed by atoms with Crippen LogP contribution in [0.2, 0.25) is 0 Å². The molecule has 0 spiro atoms. The maximum absolute atomic E-state index is 13.1. The van der Waals surface area contributed by atoms with Crippen molar-refractivity contribution in [2.24, 2.45) is 0 Å². The third kappa shape index (κ3) is 3.43. The van der Waals surface area contributed by atoms with Crippen LogP contribution in [0.3, 0.4) is 0 Å². The molecule has 1 unspecified atom stereocenters. The van der Waals surface area contributed by atoms with Gasteiger partial charge in [0.2, 0.25) is 0 Å². The molecule has 0 saturated heterocycles. The lowest BCUT2D eigenvalue weighted by Gasteiger charge is -2.17. The summed E-state index contributed by atoms with van der Waals surface area (Å²) in [4.78, 5) is 0. The summed E-state index contributed by atoms with van der Waals surface area (Å²) in [7, 11) is 0. The molecule has 2 aromatic carbocycles. The van der Waals surface area contributed by atoms with E-state index in [4.69, 9.17) is 0 Å². The molecule has 2 aromatic rings. The van der Waals surface area contributed by atoms with Crippen molar-refractivity contribution in [3.05, 3.63) is 69.4 Å². The third-order valence-corrected chi connectivity index (χ3v) is 4.06. The maximum Gasteiger partial charge on any atom is 0.123 e. The van der Waals surface area contributed by atoms with Gasteiger partial charge in [0.05, 0.1) is 6.61 Å². The van der Waals surface area contributed by atoms with E-state index in [9.17, 15) is 9.50 Å². The molecule has 0 aromatic heterocycles. The van der Waals surface area contributed by atoms with E-state index in [-0.39, 0.29) is 18.3 Å². The van der Waals surface area contributed by atoms with Gasteiger partial charge in [-0.05, 0) is 48.2 Å². The summed E-state index contributed by atoms with van der Waals surface area (Å²) in [5, 5.41) is 9.62. The number of halogens is 2. The fraction of sp³-hybridized carbons (Fsp3) is 0.250. The zero-order valence-corrected chi connectivity index (χ0v) is 12.3. The van der Waals surface area contributed by atoms with E-state index < -0.39 is 0 Å². The van der Waals surface area contributed by atoms with Crippen LogP contribution in [0.25, 0.3) is 0 Å². The van der Waals surface area contributed by atoms with Crippen LogP contribution < -0.4 is 0 Å². The number of rotatable bonds is 4. The van der Waals surface area contributed by atoms with Crippen molar-refractivity contribution < 1.29 is 9.50 Å². The Bertz CT molecular complexity index is 568. The highest BCUT2D eigenvalue weighted by atomic mass is 79.9. The average Bonchev–Trinajstić information content (AvgIpc) is 2.39. The maximum atomic E-state index is 13.1. The number of aliphatic hydroxyl groups is 1. The number of aliphatic hydroxyl groups excluding tert-OH is 1. The first-order chi connectivity index (χ1) is 9.11. The molecule has 0 saturated carbocycles. The Morgan fingerprint density at radius 2 is 1.95 bits per heavy atom. The van der Waals surface area contributed by atoms with Crippen molar-refractivity contribution in [2.75, 3.05) is 6.61 Å². The summed E-state index contributed by atoms with van der Waals surface area (Å²) in [5.74, 6) is -0.206. The predicted octanol–water partition coefficient (Wildman–Crippen LogP) is 4.22. The lowest BCUT2D eigenvalue weighted by Crippen LogP contribution is -2.09. The summed E-state index contributed by atoms with van der Waals surface area (Å²) in [6.07, 6.45) is 0.700. The van der Waals surface area contributed by atoms with Gasteiger partial charge in [-0.2, -0.15) is 0 Å². The molecule has 0 fully saturated rings. The Morgan fingerprint density at radius 3 is 2.58 bits per heavy atom. The predicted molar refractivity (Wildman–Crippen MR) is 78.8 cm³/mol. The zero-order valence-electron chi connectivity index (χ0n) is 10.7. The lowest BCUT2D eigenvalue weighted by molar-refractivity contribution is 0.264. The number of hydrogen-bond donors (Lipinski definition) is 1. The number of benzene rings is 2. The van der Waals surface area contributed by atoms with Gasteiger partial charge in [-0.3, -0.25) is 0 Å². The van der Waals surface area contributed by atoms with E-state index >= 15 is 0 Å². The van der Waals surface area contributed by atoms with Gasteiger partial charge in [-0.25, -0.2) is 4.39 Å². The van der Waals surface area contributed by atoms with Gasteiger partial charge in [0.15, 0.2) is 0 Å². The minimum atomic E-state index is -0.220. The first kappa shape index (κ1) is 14.2. The molecule has 19 heavy (non-hydrogen) atoms. The smallest absolute Gasteiger partial charge is 0.123 e. The molecule has 1 N–H and O–H groups in total. The van der Waals surface area contributed by atoms with Gasteiger partial charge in [0.25, 0.3) is 0 Å². The SMILES string of the molecule is Cc1cc(F)ccc1CC(CO)c1ccccc1Br. The first-order valence-electron chi connectivity index (χ1n) is 6.22. The summed E-state index contributed by atoms with van der Waals surface area (Å²) >= 11 is 3.51. The molecule has 3 heteroatoms. The fourth-order valence-electron chi connectivity index (χ4n) is 2.23. The molecule has 1 atom stereocenters. The first-order valence-corrected chi connectivity index (χ1v) is 7.01. The van der Waals surface area contributed by atoms with Crippen molar-refractivity contribution in [1.29, 1.82) is 0 Å². The van der Waals surface area contributed by atoms with Crippen molar-refractivity contribution in [3.63, 3.8) is 0 Å². The van der Waals surface area contributed by atoms with Crippen molar-refractivity contribution in [3.8, 4) is 0 Å². The summed E-state index contributed by atoms with van der Waals surface area (Å²) in [5.41, 5.74) is 3.07. The Hall–Kier alpha value is -1.19. The van der Waals surface area contributed by atoms with Crippen LogP contribution in [0.5, 0.6) is 0 Å². The Kier molecular flexibility index (Phi) is 4.72. The largest absolute Gasteiger partial charge is 0.396 e. The Balaban J connectivity index is 2.27. The molecule has 1 nitrogen and oxygen atoms in total. The minimum absolute atomic E-state index is 0.0136. The molecule has 0 aliphatic heterocycles. The highest BCUT2D eigenvalue weighted by Gasteiger charge is 2.15. The second-order valence-electron chi connectivity index (χ2n) is 4.68. The minimum Gasteiger partial charge on any atom is -0.396 e. The van der Waals surface area contributed by atoms with Gasteiger partial charge in [0, 0.05) is 10.4 Å². The van der Waals surface area contributed by atoms with Gasteiger partial charge < -0.3 is 5.11 Å². The molecule has 0 aliphatic carbocycles. The standard InChI is InChI=1S/C16H16BrFO/c1-11-8-14(18)7-6-12(11)9-13(10-19)15-4-2-3-5-16(15)17/h2-8,13,19H,9-10H2,1H3. The van der Waals surface area contributed by atoms with Crippen molar-refractivity contribution in [2.45, 2.75) is 19.3 Å². The topological polar surface area (TPSA) is 20.2 Å². The number of hydrogen-bond acceptors (Lipinski definition) is 1. The lowest BCUT2D eigenvalue weighted by atomic mass is 9.91. The molecule has 0 aliphatic rings. The van der Waals surface area contributed by atoms with Crippen LogP contribution in [0.15, 0.2) is 46.9 Å². The molecule has 0 heterocycles. The highest BCUT2D eigenvalue weighted by molar-refractivity contribution is 9.10. The van der Waals surface area contributed by atoms with Gasteiger partial charge in [-0.1, -0.05) is 40.2 Å². The van der Waals surface area contributed by atoms with Crippen LogP contribution in [-0.4, -0.2) is 11.7 Å². The molecule has 100 valence electrons. The zero-order chi connectivity index (χ0) is 13.8. The molecule has 0 bridgehead atoms. The highest BCUT2D eigenvalue weighted by Crippen LogP contribution is 2.28. The van der Waals surface area contributed by atoms with Crippen molar-refractivity contribution >= 4 is 15.9 Å². The Morgan fingerprint density at radius 1 is 1.21 bits per heavy atom. The summed E-state index contributed by atoms with van der Waals surface area (Å²) in [6, 6.07) is 12.7. The molecular weight excluding hydrogens is 307 g/mol. The van der Waals surface area contributed by atoms with E-state index in [1.165, 1.54) is 12.1 Å². The van der Waals surface area contributed by atoms with Crippen LogP contribution >= 0.6 is 15.9 Å². The normalized spacial score (nSPS) is 12.4. The second kappa shape index (κ2) is 6.31. The third-order valence-electron chi connectivity index (χ3n) is 3.34. The van der Waals surface area contributed by atoms with Crippen LogP contribution in [0.4, 0.5) is 4.39 Å². The Labute approximate surface area is 121 Å². The summed E-state index contributed by atoms with van der Waals surface area (Å²) < 4.78 is 14.1. The van der Waals surface area contributed by atoms with E-state index in [2.05, 4.69) is 15.9 Å². The van der Waals surface area contributed by atoms with Gasteiger partial charge in [0.1, 0.15) is 5.82 Å². The van der Waals surface area contributed by atoms with Crippen molar-refractivity contribution in [1.82, 2.24) is 0 Å². The van der Waals surface area contributed by atoms with Crippen LogP contribution in [0.1, 0.15) is 22.6 Å². The summed E-state index contributed by atoms with van der Waals surface area (Å²) in [6.45, 7) is 1.96. The van der Waals surface area contributed by atoms with E-state index in [1.54, 1.807) is 6.07 Å². The molecule has 0 radical (unpaired) electrons.